The van der Waals surface area contributed by atoms with Gasteiger partial charge in [-0.25, -0.2) is 0 Å². The maximum Gasteiger partial charge on any atom is 0.256 e. The molecule has 5 nitrogen and oxygen atoms in total. The number of hydrogen-bond acceptors (Lipinski definition) is 4. The largest absolute Gasteiger partial charge is 0.361 e. The maximum absolute atomic E-state index is 12.2. The Morgan fingerprint density at radius 2 is 2.05 bits per heavy atom. The van der Waals surface area contributed by atoms with Gasteiger partial charge >= 0.3 is 0 Å². The standard InChI is InChI=1S/C16H27N3O2/c1-5-14-15(13(4)21-18-14)16(20)17-6-7-19-9-11(2)8-12(3)10-19/h11-12H,5-10H2,1-4H3,(H,17,20)/t11-,12-/m0/s1. The Hall–Kier alpha value is -1.36. The summed E-state index contributed by atoms with van der Waals surface area (Å²) in [7, 11) is 0. The average Bonchev–Trinajstić information content (AvgIpc) is 2.78. The van der Waals surface area contributed by atoms with Crippen molar-refractivity contribution in [2.75, 3.05) is 26.2 Å². The van der Waals surface area contributed by atoms with E-state index in [9.17, 15) is 4.79 Å². The molecule has 1 amide bonds. The predicted octanol–water partition coefficient (Wildman–Crippen LogP) is 2.25. The van der Waals surface area contributed by atoms with Crippen LogP contribution in [-0.2, 0) is 6.42 Å². The van der Waals surface area contributed by atoms with Crippen LogP contribution in [0, 0.1) is 18.8 Å². The molecule has 1 saturated heterocycles. The van der Waals surface area contributed by atoms with Gasteiger partial charge in [0, 0.05) is 26.2 Å². The monoisotopic (exact) mass is 293 g/mol. The second-order valence-corrected chi connectivity index (χ2v) is 6.38. The molecule has 1 aromatic rings. The lowest BCUT2D eigenvalue weighted by atomic mass is 9.92. The minimum atomic E-state index is -0.0660. The van der Waals surface area contributed by atoms with Crippen LogP contribution in [-0.4, -0.2) is 42.1 Å². The van der Waals surface area contributed by atoms with Crippen molar-refractivity contribution in [2.45, 2.75) is 40.5 Å². The number of carbonyl (C=O) groups is 1. The first kappa shape index (κ1) is 16.0. The molecule has 1 aliphatic rings. The van der Waals surface area contributed by atoms with Gasteiger partial charge in [-0.3, -0.25) is 4.79 Å². The first-order chi connectivity index (χ1) is 10.0. The molecule has 5 heteroatoms. The molecule has 1 aromatic heterocycles. The Morgan fingerprint density at radius 1 is 1.38 bits per heavy atom. The Morgan fingerprint density at radius 3 is 2.67 bits per heavy atom. The van der Waals surface area contributed by atoms with Crippen LogP contribution >= 0.6 is 0 Å². The number of likely N-dealkylation sites (tertiary alicyclic amines) is 1. The van der Waals surface area contributed by atoms with Crippen molar-refractivity contribution in [1.29, 1.82) is 0 Å². The summed E-state index contributed by atoms with van der Waals surface area (Å²) in [5.74, 6) is 2.03. The molecule has 0 unspecified atom stereocenters. The number of amides is 1. The highest BCUT2D eigenvalue weighted by Gasteiger charge is 2.22. The van der Waals surface area contributed by atoms with E-state index in [-0.39, 0.29) is 5.91 Å². The van der Waals surface area contributed by atoms with Crippen molar-refractivity contribution >= 4 is 5.91 Å². The number of aromatic nitrogens is 1. The number of nitrogens with one attached hydrogen (secondary N) is 1. The molecule has 0 saturated carbocycles. The molecular weight excluding hydrogens is 266 g/mol. The van der Waals surface area contributed by atoms with Gasteiger partial charge < -0.3 is 14.7 Å². The average molecular weight is 293 g/mol. The smallest absolute Gasteiger partial charge is 0.256 e. The maximum atomic E-state index is 12.2. The Labute approximate surface area is 127 Å². The van der Waals surface area contributed by atoms with Crippen molar-refractivity contribution in [3.05, 3.63) is 17.0 Å². The third-order valence-electron chi connectivity index (χ3n) is 4.15. The molecule has 0 spiro atoms. The number of hydrogen-bond donors (Lipinski definition) is 1. The van der Waals surface area contributed by atoms with E-state index in [2.05, 4.69) is 29.2 Å². The molecule has 1 fully saturated rings. The van der Waals surface area contributed by atoms with Gasteiger partial charge in [-0.1, -0.05) is 25.9 Å². The zero-order chi connectivity index (χ0) is 15.4. The van der Waals surface area contributed by atoms with Gasteiger partial charge in [0.1, 0.15) is 11.3 Å². The molecule has 21 heavy (non-hydrogen) atoms. The van der Waals surface area contributed by atoms with Crippen molar-refractivity contribution < 1.29 is 9.32 Å². The van der Waals surface area contributed by atoms with Gasteiger partial charge in [-0.2, -0.15) is 0 Å². The summed E-state index contributed by atoms with van der Waals surface area (Å²) >= 11 is 0. The zero-order valence-corrected chi connectivity index (χ0v) is 13.6. The fraction of sp³-hybridized carbons (Fsp3) is 0.750. The number of carbonyl (C=O) groups excluding carboxylic acids is 1. The van der Waals surface area contributed by atoms with Gasteiger partial charge in [-0.05, 0) is 31.6 Å². The van der Waals surface area contributed by atoms with Crippen molar-refractivity contribution in [2.24, 2.45) is 11.8 Å². The van der Waals surface area contributed by atoms with Crippen LogP contribution in [0.1, 0.15) is 49.0 Å². The molecule has 0 aliphatic carbocycles. The van der Waals surface area contributed by atoms with Gasteiger partial charge in [0.15, 0.2) is 0 Å². The van der Waals surface area contributed by atoms with Crippen LogP contribution in [0.3, 0.4) is 0 Å². The van der Waals surface area contributed by atoms with Crippen LogP contribution < -0.4 is 5.32 Å². The summed E-state index contributed by atoms with van der Waals surface area (Å²) in [6.45, 7) is 12.2. The lowest BCUT2D eigenvalue weighted by Gasteiger charge is -2.34. The van der Waals surface area contributed by atoms with Gasteiger partial charge in [0.05, 0.1) is 5.69 Å². The molecule has 0 bridgehead atoms. The first-order valence-corrected chi connectivity index (χ1v) is 7.97. The van der Waals surface area contributed by atoms with Crippen LogP contribution in [0.25, 0.3) is 0 Å². The van der Waals surface area contributed by atoms with Crippen LogP contribution in [0.2, 0.25) is 0 Å². The van der Waals surface area contributed by atoms with E-state index in [4.69, 9.17) is 4.52 Å². The zero-order valence-electron chi connectivity index (χ0n) is 13.6. The second kappa shape index (κ2) is 7.07. The van der Waals surface area contributed by atoms with Crippen LogP contribution in [0.4, 0.5) is 0 Å². The highest BCUT2D eigenvalue weighted by Crippen LogP contribution is 2.20. The van der Waals surface area contributed by atoms with E-state index in [1.54, 1.807) is 6.92 Å². The molecule has 118 valence electrons. The van der Waals surface area contributed by atoms with E-state index >= 15 is 0 Å². The Balaban J connectivity index is 1.83. The van der Waals surface area contributed by atoms with Gasteiger partial charge in [0.2, 0.25) is 0 Å². The van der Waals surface area contributed by atoms with E-state index in [0.29, 0.717) is 24.3 Å². The lowest BCUT2D eigenvalue weighted by molar-refractivity contribution is 0.0934. The van der Waals surface area contributed by atoms with Gasteiger partial charge in [-0.15, -0.1) is 0 Å². The van der Waals surface area contributed by atoms with Gasteiger partial charge in [0.25, 0.3) is 5.91 Å². The number of nitrogens with zero attached hydrogens (tertiary/aromatic N) is 2. The van der Waals surface area contributed by atoms with Crippen LogP contribution in [0.15, 0.2) is 4.52 Å². The molecule has 1 aliphatic heterocycles. The van der Waals surface area contributed by atoms with E-state index < -0.39 is 0 Å². The van der Waals surface area contributed by atoms with E-state index in [1.807, 2.05) is 6.92 Å². The van der Waals surface area contributed by atoms with Crippen molar-refractivity contribution in [1.82, 2.24) is 15.4 Å². The molecule has 2 atom stereocenters. The predicted molar refractivity (Wildman–Crippen MR) is 82.3 cm³/mol. The SMILES string of the molecule is CCc1noc(C)c1C(=O)NCCN1C[C@@H](C)C[C@H](C)C1. The summed E-state index contributed by atoms with van der Waals surface area (Å²) < 4.78 is 5.11. The summed E-state index contributed by atoms with van der Waals surface area (Å²) in [4.78, 5) is 14.7. The quantitative estimate of drug-likeness (QED) is 0.904. The Kier molecular flexibility index (Phi) is 5.39. The number of aryl methyl sites for hydroxylation is 2. The lowest BCUT2D eigenvalue weighted by Crippen LogP contribution is -2.43. The van der Waals surface area contributed by atoms with E-state index in [1.165, 1.54) is 6.42 Å². The molecule has 2 heterocycles. The molecular formula is C16H27N3O2. The highest BCUT2D eigenvalue weighted by atomic mass is 16.5. The first-order valence-electron chi connectivity index (χ1n) is 7.97. The topological polar surface area (TPSA) is 58.4 Å². The summed E-state index contributed by atoms with van der Waals surface area (Å²) in [5.41, 5.74) is 1.35. The molecule has 2 rings (SSSR count). The summed E-state index contributed by atoms with van der Waals surface area (Å²) in [5, 5.41) is 6.92. The fourth-order valence-electron chi connectivity index (χ4n) is 3.34. The van der Waals surface area contributed by atoms with Crippen molar-refractivity contribution in [3.8, 4) is 0 Å². The molecule has 0 radical (unpaired) electrons. The summed E-state index contributed by atoms with van der Waals surface area (Å²) in [6, 6.07) is 0. The van der Waals surface area contributed by atoms with Crippen molar-refractivity contribution in [3.63, 3.8) is 0 Å². The second-order valence-electron chi connectivity index (χ2n) is 6.38. The minimum absolute atomic E-state index is 0.0660. The minimum Gasteiger partial charge on any atom is -0.361 e. The van der Waals surface area contributed by atoms with E-state index in [0.717, 1.165) is 37.2 Å². The Bertz CT molecular complexity index is 474. The number of rotatable bonds is 5. The summed E-state index contributed by atoms with van der Waals surface area (Å²) in [6.07, 6.45) is 2.02. The third kappa shape index (κ3) is 4.06. The normalized spacial score (nSPS) is 23.2. The molecule has 1 N–H and O–H groups in total. The third-order valence-corrected chi connectivity index (χ3v) is 4.15. The van der Waals surface area contributed by atoms with Crippen LogP contribution in [0.5, 0.6) is 0 Å². The fourth-order valence-corrected chi connectivity index (χ4v) is 3.34. The molecule has 0 aromatic carbocycles. The number of piperidine rings is 1. The highest BCUT2D eigenvalue weighted by molar-refractivity contribution is 5.96.